The summed E-state index contributed by atoms with van der Waals surface area (Å²) < 4.78 is 0. The Morgan fingerprint density at radius 2 is 2.06 bits per heavy atom. The quantitative estimate of drug-likeness (QED) is 0.784. The van der Waals surface area contributed by atoms with Crippen LogP contribution >= 0.6 is 0 Å². The molecule has 0 bridgehead atoms. The van der Waals surface area contributed by atoms with Gasteiger partial charge in [0.2, 0.25) is 5.91 Å². The molecule has 3 nitrogen and oxygen atoms in total. The molecular weight excluding hydrogens is 212 g/mol. The van der Waals surface area contributed by atoms with Crippen LogP contribution in [-0.2, 0) is 11.2 Å². The van der Waals surface area contributed by atoms with Crippen LogP contribution in [0, 0.1) is 13.8 Å². The molecule has 0 atom stereocenters. The molecule has 1 rings (SSSR count). The van der Waals surface area contributed by atoms with E-state index in [0.29, 0.717) is 13.1 Å². The molecule has 0 heterocycles. The van der Waals surface area contributed by atoms with Crippen molar-refractivity contribution < 1.29 is 4.79 Å². The molecule has 0 unspecified atom stereocenters. The van der Waals surface area contributed by atoms with Crippen molar-refractivity contribution in [2.45, 2.75) is 27.2 Å². The highest BCUT2D eigenvalue weighted by molar-refractivity contribution is 5.77. The van der Waals surface area contributed by atoms with Gasteiger partial charge in [-0.15, -0.1) is 0 Å². The molecular formula is C14H22N2O. The molecule has 0 aliphatic heterocycles. The lowest BCUT2D eigenvalue weighted by Gasteiger charge is -2.08. The fraction of sp³-hybridized carbons (Fsp3) is 0.500. The average molecular weight is 234 g/mol. The van der Waals surface area contributed by atoms with E-state index in [-0.39, 0.29) is 5.91 Å². The molecule has 1 aromatic rings. The van der Waals surface area contributed by atoms with Gasteiger partial charge in [-0.2, -0.15) is 0 Å². The molecule has 0 fully saturated rings. The first kappa shape index (κ1) is 13.7. The van der Waals surface area contributed by atoms with E-state index in [0.717, 1.165) is 13.0 Å². The zero-order valence-corrected chi connectivity index (χ0v) is 11.0. The molecule has 1 amide bonds. The summed E-state index contributed by atoms with van der Waals surface area (Å²) in [7, 11) is 0. The molecule has 17 heavy (non-hydrogen) atoms. The number of amides is 1. The second kappa shape index (κ2) is 7.07. The van der Waals surface area contributed by atoms with Crippen LogP contribution in [0.3, 0.4) is 0 Å². The van der Waals surface area contributed by atoms with E-state index >= 15 is 0 Å². The molecule has 0 radical (unpaired) electrons. The lowest BCUT2D eigenvalue weighted by Crippen LogP contribution is -2.34. The topological polar surface area (TPSA) is 41.1 Å². The molecule has 0 aliphatic carbocycles. The van der Waals surface area contributed by atoms with Gasteiger partial charge in [-0.3, -0.25) is 4.79 Å². The Kier molecular flexibility index (Phi) is 5.70. The summed E-state index contributed by atoms with van der Waals surface area (Å²) in [4.78, 5) is 11.4. The molecule has 0 aliphatic rings. The van der Waals surface area contributed by atoms with E-state index in [1.165, 1.54) is 16.7 Å². The molecule has 2 N–H and O–H groups in total. The summed E-state index contributed by atoms with van der Waals surface area (Å²) in [5.41, 5.74) is 3.88. The summed E-state index contributed by atoms with van der Waals surface area (Å²) in [5.74, 6) is 0.0663. The summed E-state index contributed by atoms with van der Waals surface area (Å²) in [6.45, 7) is 8.13. The van der Waals surface area contributed by atoms with Gasteiger partial charge in [0.25, 0.3) is 0 Å². The van der Waals surface area contributed by atoms with E-state index in [2.05, 4.69) is 42.7 Å². The van der Waals surface area contributed by atoms with Crippen LogP contribution in [0.1, 0.15) is 23.6 Å². The molecule has 3 heteroatoms. The first-order chi connectivity index (χ1) is 8.13. The summed E-state index contributed by atoms with van der Waals surface area (Å²) in [5, 5.41) is 5.91. The Balaban J connectivity index is 2.33. The first-order valence-corrected chi connectivity index (χ1v) is 6.17. The number of hydrogen-bond acceptors (Lipinski definition) is 2. The Bertz CT molecular complexity index is 374. The highest BCUT2D eigenvalue weighted by Gasteiger charge is 2.01. The van der Waals surface area contributed by atoms with Crippen LogP contribution in [0.4, 0.5) is 0 Å². The zero-order chi connectivity index (χ0) is 12.7. The van der Waals surface area contributed by atoms with Gasteiger partial charge in [-0.1, -0.05) is 30.7 Å². The SMILES string of the molecule is CCNCC(=O)NCCc1ccc(C)cc1C. The number of likely N-dealkylation sites (N-methyl/N-ethyl adjacent to an activating group) is 1. The van der Waals surface area contributed by atoms with Gasteiger partial charge in [0.15, 0.2) is 0 Å². The fourth-order valence-corrected chi connectivity index (χ4v) is 1.76. The summed E-state index contributed by atoms with van der Waals surface area (Å²) >= 11 is 0. The Morgan fingerprint density at radius 1 is 1.29 bits per heavy atom. The second-order valence-electron chi connectivity index (χ2n) is 4.31. The average Bonchev–Trinajstić information content (AvgIpc) is 2.29. The molecule has 0 spiro atoms. The molecule has 94 valence electrons. The monoisotopic (exact) mass is 234 g/mol. The third kappa shape index (κ3) is 5.00. The maximum Gasteiger partial charge on any atom is 0.233 e. The minimum absolute atomic E-state index is 0.0663. The van der Waals surface area contributed by atoms with Gasteiger partial charge in [-0.25, -0.2) is 0 Å². The van der Waals surface area contributed by atoms with Crippen LogP contribution in [0.2, 0.25) is 0 Å². The van der Waals surface area contributed by atoms with Crippen molar-refractivity contribution in [2.24, 2.45) is 0 Å². The number of rotatable bonds is 6. The van der Waals surface area contributed by atoms with E-state index in [1.807, 2.05) is 6.92 Å². The van der Waals surface area contributed by atoms with Crippen LogP contribution < -0.4 is 10.6 Å². The molecule has 0 saturated heterocycles. The third-order valence-corrected chi connectivity index (χ3v) is 2.75. The highest BCUT2D eigenvalue weighted by atomic mass is 16.1. The van der Waals surface area contributed by atoms with Crippen molar-refractivity contribution in [1.29, 1.82) is 0 Å². The van der Waals surface area contributed by atoms with E-state index in [9.17, 15) is 4.79 Å². The number of hydrogen-bond donors (Lipinski definition) is 2. The van der Waals surface area contributed by atoms with E-state index in [4.69, 9.17) is 0 Å². The lowest BCUT2D eigenvalue weighted by molar-refractivity contribution is -0.120. The largest absolute Gasteiger partial charge is 0.355 e. The normalized spacial score (nSPS) is 10.3. The van der Waals surface area contributed by atoms with Crippen molar-refractivity contribution in [1.82, 2.24) is 10.6 Å². The van der Waals surface area contributed by atoms with E-state index < -0.39 is 0 Å². The number of aryl methyl sites for hydroxylation is 2. The highest BCUT2D eigenvalue weighted by Crippen LogP contribution is 2.10. The Labute approximate surface area is 104 Å². The van der Waals surface area contributed by atoms with Crippen molar-refractivity contribution in [3.05, 3.63) is 34.9 Å². The predicted octanol–water partition coefficient (Wildman–Crippen LogP) is 1.57. The molecule has 1 aromatic carbocycles. The Hall–Kier alpha value is -1.35. The van der Waals surface area contributed by atoms with Crippen LogP contribution in [-0.4, -0.2) is 25.5 Å². The van der Waals surface area contributed by atoms with Gasteiger partial charge >= 0.3 is 0 Å². The molecule has 0 aromatic heterocycles. The first-order valence-electron chi connectivity index (χ1n) is 6.17. The van der Waals surface area contributed by atoms with Crippen molar-refractivity contribution in [3.8, 4) is 0 Å². The van der Waals surface area contributed by atoms with Crippen LogP contribution in [0.15, 0.2) is 18.2 Å². The van der Waals surface area contributed by atoms with Crippen LogP contribution in [0.25, 0.3) is 0 Å². The van der Waals surface area contributed by atoms with Gasteiger partial charge in [0, 0.05) is 6.54 Å². The minimum atomic E-state index is 0.0663. The number of nitrogens with one attached hydrogen (secondary N) is 2. The number of benzene rings is 1. The maximum atomic E-state index is 11.4. The van der Waals surface area contributed by atoms with Crippen molar-refractivity contribution in [2.75, 3.05) is 19.6 Å². The van der Waals surface area contributed by atoms with Crippen molar-refractivity contribution in [3.63, 3.8) is 0 Å². The zero-order valence-electron chi connectivity index (χ0n) is 11.0. The Morgan fingerprint density at radius 3 is 2.71 bits per heavy atom. The van der Waals surface area contributed by atoms with Gasteiger partial charge < -0.3 is 10.6 Å². The smallest absolute Gasteiger partial charge is 0.233 e. The fourth-order valence-electron chi connectivity index (χ4n) is 1.76. The summed E-state index contributed by atoms with van der Waals surface area (Å²) in [6, 6.07) is 6.43. The maximum absolute atomic E-state index is 11.4. The number of carbonyl (C=O) groups excluding carboxylic acids is 1. The third-order valence-electron chi connectivity index (χ3n) is 2.75. The molecule has 0 saturated carbocycles. The summed E-state index contributed by atoms with van der Waals surface area (Å²) in [6.07, 6.45) is 0.893. The second-order valence-corrected chi connectivity index (χ2v) is 4.31. The number of carbonyl (C=O) groups is 1. The minimum Gasteiger partial charge on any atom is -0.355 e. The van der Waals surface area contributed by atoms with Gasteiger partial charge in [0.1, 0.15) is 0 Å². The standard InChI is InChI=1S/C14H22N2O/c1-4-15-10-14(17)16-8-7-13-6-5-11(2)9-12(13)3/h5-6,9,15H,4,7-8,10H2,1-3H3,(H,16,17). The van der Waals surface area contributed by atoms with Gasteiger partial charge in [-0.05, 0) is 37.9 Å². The van der Waals surface area contributed by atoms with Gasteiger partial charge in [0.05, 0.1) is 6.54 Å². The lowest BCUT2D eigenvalue weighted by atomic mass is 10.0. The van der Waals surface area contributed by atoms with Crippen molar-refractivity contribution >= 4 is 5.91 Å². The predicted molar refractivity (Wildman–Crippen MR) is 71.2 cm³/mol. The van der Waals surface area contributed by atoms with Crippen LogP contribution in [0.5, 0.6) is 0 Å². The van der Waals surface area contributed by atoms with E-state index in [1.54, 1.807) is 0 Å².